The Labute approximate surface area is 66.9 Å². The van der Waals surface area contributed by atoms with Gasteiger partial charge in [0.1, 0.15) is 0 Å². The summed E-state index contributed by atoms with van der Waals surface area (Å²) in [5, 5.41) is 0.551. The van der Waals surface area contributed by atoms with Crippen LogP contribution in [0.4, 0.5) is 0 Å². The first-order valence-electron chi connectivity index (χ1n) is 3.03. The second kappa shape index (κ2) is 4.18. The van der Waals surface area contributed by atoms with Gasteiger partial charge in [0.25, 0.3) is 0 Å². The van der Waals surface area contributed by atoms with Gasteiger partial charge in [-0.15, -0.1) is 0 Å². The van der Waals surface area contributed by atoms with Crippen LogP contribution in [0.2, 0.25) is 0 Å². The molecule has 10 heavy (non-hydrogen) atoms. The molecule has 56 valence electrons. The van der Waals surface area contributed by atoms with Gasteiger partial charge < -0.3 is 5.73 Å². The van der Waals surface area contributed by atoms with Crippen molar-refractivity contribution >= 4 is 11.6 Å². The standard InChI is InChI=1S/C8H12ClN/c1-4-5-7(9)8(10)6(2)3/h4-5H,2,10H2,1,3H3/b5-4-,8-7-. The summed E-state index contributed by atoms with van der Waals surface area (Å²) in [4.78, 5) is 0. The predicted octanol–water partition coefficient (Wildman–Crippen LogP) is 2.55. The van der Waals surface area contributed by atoms with Gasteiger partial charge in [-0.25, -0.2) is 0 Å². The molecule has 0 aliphatic rings. The topological polar surface area (TPSA) is 26.0 Å². The first-order chi connectivity index (χ1) is 4.59. The summed E-state index contributed by atoms with van der Waals surface area (Å²) in [5.41, 5.74) is 6.89. The molecule has 2 N–H and O–H groups in total. The molecule has 0 unspecified atom stereocenters. The molecule has 0 saturated heterocycles. The van der Waals surface area contributed by atoms with E-state index in [1.807, 2.05) is 19.9 Å². The van der Waals surface area contributed by atoms with Crippen LogP contribution in [-0.4, -0.2) is 0 Å². The predicted molar refractivity (Wildman–Crippen MR) is 46.7 cm³/mol. The molecule has 0 saturated carbocycles. The Kier molecular flexibility index (Phi) is 3.89. The first-order valence-corrected chi connectivity index (χ1v) is 3.41. The van der Waals surface area contributed by atoms with Crippen molar-refractivity contribution in [2.24, 2.45) is 5.73 Å². The van der Waals surface area contributed by atoms with Gasteiger partial charge in [-0.3, -0.25) is 0 Å². The van der Waals surface area contributed by atoms with Crippen LogP contribution in [0.25, 0.3) is 0 Å². The van der Waals surface area contributed by atoms with Gasteiger partial charge in [0.05, 0.1) is 10.7 Å². The first kappa shape index (κ1) is 9.31. The monoisotopic (exact) mass is 157 g/mol. The summed E-state index contributed by atoms with van der Waals surface area (Å²) < 4.78 is 0. The van der Waals surface area contributed by atoms with E-state index >= 15 is 0 Å². The van der Waals surface area contributed by atoms with Gasteiger partial charge >= 0.3 is 0 Å². The third kappa shape index (κ3) is 2.74. The van der Waals surface area contributed by atoms with E-state index in [2.05, 4.69) is 6.58 Å². The van der Waals surface area contributed by atoms with Gasteiger partial charge in [0, 0.05) is 0 Å². The zero-order valence-corrected chi connectivity index (χ0v) is 7.07. The molecule has 0 radical (unpaired) electrons. The molecule has 0 fully saturated rings. The van der Waals surface area contributed by atoms with Crippen LogP contribution in [0.1, 0.15) is 13.8 Å². The van der Waals surface area contributed by atoms with Crippen molar-refractivity contribution in [3.05, 3.63) is 35.0 Å². The molecule has 0 aliphatic carbocycles. The van der Waals surface area contributed by atoms with Crippen LogP contribution < -0.4 is 5.73 Å². The lowest BCUT2D eigenvalue weighted by molar-refractivity contribution is 1.29. The molecule has 0 heterocycles. The minimum absolute atomic E-state index is 0.551. The van der Waals surface area contributed by atoms with Gasteiger partial charge in [-0.1, -0.05) is 24.3 Å². The van der Waals surface area contributed by atoms with Crippen LogP contribution in [0.5, 0.6) is 0 Å². The maximum Gasteiger partial charge on any atom is 0.0634 e. The van der Waals surface area contributed by atoms with Crippen molar-refractivity contribution < 1.29 is 0 Å². The minimum Gasteiger partial charge on any atom is -0.397 e. The van der Waals surface area contributed by atoms with E-state index in [9.17, 15) is 0 Å². The summed E-state index contributed by atoms with van der Waals surface area (Å²) >= 11 is 5.73. The Morgan fingerprint density at radius 1 is 1.60 bits per heavy atom. The van der Waals surface area contributed by atoms with Crippen LogP contribution in [-0.2, 0) is 0 Å². The molecule has 0 aliphatic heterocycles. The maximum atomic E-state index is 5.73. The molecular formula is C8H12ClN. The van der Waals surface area contributed by atoms with Crippen LogP contribution in [0.15, 0.2) is 35.0 Å². The third-order valence-corrected chi connectivity index (χ3v) is 1.36. The molecule has 0 rings (SSSR count). The van der Waals surface area contributed by atoms with E-state index in [1.165, 1.54) is 0 Å². The lowest BCUT2D eigenvalue weighted by atomic mass is 10.2. The minimum atomic E-state index is 0.551. The quantitative estimate of drug-likeness (QED) is 0.613. The van der Waals surface area contributed by atoms with Crippen LogP contribution >= 0.6 is 11.6 Å². The lowest BCUT2D eigenvalue weighted by Crippen LogP contribution is -1.98. The Bertz CT molecular complexity index is 189. The molecule has 0 bridgehead atoms. The summed E-state index contributed by atoms with van der Waals surface area (Å²) in [6.07, 6.45) is 3.57. The number of rotatable bonds is 2. The maximum absolute atomic E-state index is 5.73. The van der Waals surface area contributed by atoms with E-state index in [4.69, 9.17) is 17.3 Å². The Morgan fingerprint density at radius 2 is 2.10 bits per heavy atom. The zero-order valence-electron chi connectivity index (χ0n) is 6.32. The lowest BCUT2D eigenvalue weighted by Gasteiger charge is -1.99. The van der Waals surface area contributed by atoms with Gasteiger partial charge in [0.2, 0.25) is 0 Å². The van der Waals surface area contributed by atoms with Crippen molar-refractivity contribution in [1.82, 2.24) is 0 Å². The van der Waals surface area contributed by atoms with E-state index in [1.54, 1.807) is 6.08 Å². The molecule has 0 amide bonds. The van der Waals surface area contributed by atoms with E-state index in [-0.39, 0.29) is 0 Å². The molecule has 0 aromatic carbocycles. The van der Waals surface area contributed by atoms with Gasteiger partial charge in [-0.05, 0) is 25.5 Å². The number of allylic oxidation sites excluding steroid dienone is 4. The number of nitrogens with two attached hydrogens (primary N) is 1. The normalized spacial score (nSPS) is 13.5. The molecule has 0 aromatic heterocycles. The highest BCUT2D eigenvalue weighted by molar-refractivity contribution is 6.31. The van der Waals surface area contributed by atoms with Crippen molar-refractivity contribution in [2.75, 3.05) is 0 Å². The molecule has 1 nitrogen and oxygen atoms in total. The molecule has 0 atom stereocenters. The van der Waals surface area contributed by atoms with Crippen molar-refractivity contribution in [3.8, 4) is 0 Å². The fourth-order valence-corrected chi connectivity index (χ4v) is 0.727. The van der Waals surface area contributed by atoms with Crippen molar-refractivity contribution in [2.45, 2.75) is 13.8 Å². The summed E-state index contributed by atoms with van der Waals surface area (Å²) in [7, 11) is 0. The smallest absolute Gasteiger partial charge is 0.0634 e. The van der Waals surface area contributed by atoms with Gasteiger partial charge in [0.15, 0.2) is 0 Å². The zero-order chi connectivity index (χ0) is 8.15. The third-order valence-electron chi connectivity index (χ3n) is 1.03. The molecular weight excluding hydrogens is 146 g/mol. The number of hydrogen-bond donors (Lipinski definition) is 1. The highest BCUT2D eigenvalue weighted by atomic mass is 35.5. The molecule has 2 heteroatoms. The van der Waals surface area contributed by atoms with Crippen molar-refractivity contribution in [1.29, 1.82) is 0 Å². The van der Waals surface area contributed by atoms with Crippen molar-refractivity contribution in [3.63, 3.8) is 0 Å². The second-order valence-corrected chi connectivity index (χ2v) is 2.45. The highest BCUT2D eigenvalue weighted by Crippen LogP contribution is 2.11. The van der Waals surface area contributed by atoms with E-state index in [0.29, 0.717) is 10.7 Å². The Balaban J connectivity index is 4.50. The fraction of sp³-hybridized carbons (Fsp3) is 0.250. The average molecular weight is 158 g/mol. The Morgan fingerprint density at radius 3 is 2.40 bits per heavy atom. The summed E-state index contributed by atoms with van der Waals surface area (Å²) in [5.74, 6) is 0. The summed E-state index contributed by atoms with van der Waals surface area (Å²) in [6.45, 7) is 7.36. The van der Waals surface area contributed by atoms with Gasteiger partial charge in [-0.2, -0.15) is 0 Å². The highest BCUT2D eigenvalue weighted by Gasteiger charge is 1.94. The van der Waals surface area contributed by atoms with Crippen LogP contribution in [0, 0.1) is 0 Å². The van der Waals surface area contributed by atoms with Crippen LogP contribution in [0.3, 0.4) is 0 Å². The number of hydrogen-bond acceptors (Lipinski definition) is 1. The second-order valence-electron chi connectivity index (χ2n) is 2.04. The van der Waals surface area contributed by atoms with E-state index in [0.717, 1.165) is 5.57 Å². The number of halogens is 1. The fourth-order valence-electron chi connectivity index (χ4n) is 0.440. The Hall–Kier alpha value is -0.690. The largest absolute Gasteiger partial charge is 0.397 e. The molecule has 0 aromatic rings. The molecule has 0 spiro atoms. The SMILES string of the molecule is C=C(C)/C(N)=C(Cl)\C=C/C. The van der Waals surface area contributed by atoms with E-state index < -0.39 is 0 Å². The summed E-state index contributed by atoms with van der Waals surface area (Å²) in [6, 6.07) is 0. The average Bonchev–Trinajstić information content (AvgIpc) is 1.87.